The summed E-state index contributed by atoms with van der Waals surface area (Å²) >= 11 is 6.19. The summed E-state index contributed by atoms with van der Waals surface area (Å²) in [6.07, 6.45) is 0. The summed E-state index contributed by atoms with van der Waals surface area (Å²) in [6.45, 7) is 5.63. The number of para-hydroxylation sites is 1. The lowest BCUT2D eigenvalue weighted by Crippen LogP contribution is -2.49. The molecule has 2 aliphatic rings. The van der Waals surface area contributed by atoms with Gasteiger partial charge in [0.25, 0.3) is 11.8 Å². The average Bonchev–Trinajstić information content (AvgIpc) is 2.94. The molecule has 0 saturated carbocycles. The largest absolute Gasteiger partial charge is 0.395 e. The zero-order valence-electron chi connectivity index (χ0n) is 21.6. The number of hydrogen-bond acceptors (Lipinski definition) is 9. The molecule has 0 unspecified atom stereocenters. The van der Waals surface area contributed by atoms with Gasteiger partial charge in [-0.1, -0.05) is 17.7 Å². The van der Waals surface area contributed by atoms with Gasteiger partial charge in [-0.25, -0.2) is 0 Å². The molecule has 39 heavy (non-hydrogen) atoms. The maximum atomic E-state index is 13.4. The number of aliphatic hydroxyl groups excluding tert-OH is 2. The Bertz CT molecular complexity index is 1200. The molecule has 0 spiro atoms. The molecule has 0 bridgehead atoms. The van der Waals surface area contributed by atoms with Crippen LogP contribution in [-0.2, 0) is 0 Å². The lowest BCUT2D eigenvalue weighted by molar-refractivity contribution is -0.384. The molecular formula is C26H33ClN6O6. The predicted molar refractivity (Wildman–Crippen MR) is 148 cm³/mol. The van der Waals surface area contributed by atoms with E-state index in [1.165, 1.54) is 18.2 Å². The number of aliphatic hydroxyl groups is 2. The molecule has 0 aliphatic carbocycles. The molecule has 210 valence electrons. The quantitative estimate of drug-likeness (QED) is 0.306. The van der Waals surface area contributed by atoms with E-state index in [4.69, 9.17) is 16.7 Å². The lowest BCUT2D eigenvalue weighted by atomic mass is 10.1. The summed E-state index contributed by atoms with van der Waals surface area (Å²) in [5, 5.41) is 33.5. The molecule has 2 fully saturated rings. The van der Waals surface area contributed by atoms with Gasteiger partial charge in [-0.15, -0.1) is 0 Å². The molecule has 2 saturated heterocycles. The number of rotatable bonds is 9. The number of hydrogen-bond donors (Lipinski definition) is 3. The van der Waals surface area contributed by atoms with Crippen LogP contribution in [0.15, 0.2) is 36.4 Å². The van der Waals surface area contributed by atoms with Crippen LogP contribution in [0.25, 0.3) is 0 Å². The van der Waals surface area contributed by atoms with Crippen LogP contribution in [0, 0.1) is 10.1 Å². The van der Waals surface area contributed by atoms with Gasteiger partial charge in [0.2, 0.25) is 0 Å². The van der Waals surface area contributed by atoms with Crippen molar-refractivity contribution >= 4 is 40.5 Å². The smallest absolute Gasteiger partial charge is 0.305 e. The molecule has 0 radical (unpaired) electrons. The van der Waals surface area contributed by atoms with Crippen LogP contribution < -0.4 is 10.2 Å². The molecule has 2 amide bonds. The van der Waals surface area contributed by atoms with Crippen LogP contribution in [0.5, 0.6) is 0 Å². The van der Waals surface area contributed by atoms with Crippen molar-refractivity contribution in [2.45, 2.75) is 0 Å². The van der Waals surface area contributed by atoms with Crippen LogP contribution in [-0.4, -0.2) is 120 Å². The fourth-order valence-corrected chi connectivity index (χ4v) is 5.17. The molecule has 2 heterocycles. The van der Waals surface area contributed by atoms with Crippen molar-refractivity contribution < 1.29 is 24.7 Å². The first-order chi connectivity index (χ1) is 18.8. The highest BCUT2D eigenvalue weighted by Crippen LogP contribution is 2.33. The van der Waals surface area contributed by atoms with Gasteiger partial charge in [0.15, 0.2) is 0 Å². The molecule has 0 aromatic heterocycles. The van der Waals surface area contributed by atoms with Crippen molar-refractivity contribution in [2.75, 3.05) is 88.9 Å². The SMILES string of the molecule is O=C(Nc1ccc(Cl)cc1C(=O)N1CCN(CCO)CC1)c1cccc(N2CCN(CCO)CC2)c1[N+](=O)[O-]. The number of piperazine rings is 2. The number of carbonyl (C=O) groups excluding carboxylic acids is 2. The highest BCUT2D eigenvalue weighted by Gasteiger charge is 2.30. The van der Waals surface area contributed by atoms with Crippen molar-refractivity contribution in [3.8, 4) is 0 Å². The summed E-state index contributed by atoms with van der Waals surface area (Å²) in [7, 11) is 0. The Balaban J connectivity index is 1.55. The van der Waals surface area contributed by atoms with Gasteiger partial charge >= 0.3 is 5.69 Å². The van der Waals surface area contributed by atoms with Gasteiger partial charge in [0, 0.05) is 70.5 Å². The molecule has 4 rings (SSSR count). The van der Waals surface area contributed by atoms with E-state index in [2.05, 4.69) is 15.1 Å². The van der Waals surface area contributed by atoms with Gasteiger partial charge in [-0.2, -0.15) is 0 Å². The van der Waals surface area contributed by atoms with Gasteiger partial charge in [-0.3, -0.25) is 29.5 Å². The number of β-amino-alcohol motifs (C(OH)–C–C–N with tert-alkyl or cyclic N) is 2. The fraction of sp³-hybridized carbons (Fsp3) is 0.462. The Kier molecular flexibility index (Phi) is 9.70. The van der Waals surface area contributed by atoms with E-state index in [1.54, 1.807) is 23.1 Å². The molecule has 12 nitrogen and oxygen atoms in total. The van der Waals surface area contributed by atoms with E-state index in [1.807, 2.05) is 4.90 Å². The Labute approximate surface area is 231 Å². The molecular weight excluding hydrogens is 528 g/mol. The monoisotopic (exact) mass is 560 g/mol. The normalized spacial score (nSPS) is 16.8. The molecule has 2 aromatic carbocycles. The second-order valence-electron chi connectivity index (χ2n) is 9.48. The predicted octanol–water partition coefficient (Wildman–Crippen LogP) is 1.36. The third-order valence-electron chi connectivity index (χ3n) is 7.11. The number of nitrogens with one attached hydrogen (secondary N) is 1. The lowest BCUT2D eigenvalue weighted by Gasteiger charge is -2.35. The third-order valence-corrected chi connectivity index (χ3v) is 7.34. The number of benzene rings is 2. The third kappa shape index (κ3) is 6.84. The van der Waals surface area contributed by atoms with Crippen LogP contribution >= 0.6 is 11.6 Å². The number of amides is 2. The number of carbonyl (C=O) groups is 2. The second kappa shape index (κ2) is 13.2. The topological polar surface area (TPSA) is 143 Å². The number of nitro benzene ring substituents is 1. The molecule has 2 aromatic rings. The summed E-state index contributed by atoms with van der Waals surface area (Å²) in [5.41, 5.74) is 0.355. The van der Waals surface area contributed by atoms with Crippen molar-refractivity contribution in [1.29, 1.82) is 0 Å². The maximum Gasteiger partial charge on any atom is 0.305 e. The Morgan fingerprint density at radius 3 is 2.10 bits per heavy atom. The standard InChI is InChI=1S/C26H33ClN6O6/c27-19-4-5-22(21(18-19)26(37)32-12-8-30(9-13-32)15-17-35)28-25(36)20-2-1-3-23(24(20)33(38)39)31-10-6-29(7-11-31)14-16-34/h1-5,18,34-35H,6-17H2,(H,28,36). The first kappa shape index (κ1) is 28.7. The maximum absolute atomic E-state index is 13.4. The minimum Gasteiger partial charge on any atom is -0.395 e. The first-order valence-corrected chi connectivity index (χ1v) is 13.3. The summed E-state index contributed by atoms with van der Waals surface area (Å²) < 4.78 is 0. The van der Waals surface area contributed by atoms with Gasteiger partial charge in [0.05, 0.1) is 29.4 Å². The van der Waals surface area contributed by atoms with E-state index < -0.39 is 10.8 Å². The van der Waals surface area contributed by atoms with E-state index in [-0.39, 0.29) is 41.6 Å². The average molecular weight is 561 g/mol. The highest BCUT2D eigenvalue weighted by molar-refractivity contribution is 6.31. The van der Waals surface area contributed by atoms with E-state index in [0.717, 1.165) is 0 Å². The highest BCUT2D eigenvalue weighted by atomic mass is 35.5. The van der Waals surface area contributed by atoms with Crippen LogP contribution in [0.4, 0.5) is 17.1 Å². The van der Waals surface area contributed by atoms with Crippen LogP contribution in [0.1, 0.15) is 20.7 Å². The molecule has 2 aliphatic heterocycles. The summed E-state index contributed by atoms with van der Waals surface area (Å²) in [6, 6.07) is 9.18. The van der Waals surface area contributed by atoms with Gasteiger partial charge in [-0.05, 0) is 30.3 Å². The second-order valence-corrected chi connectivity index (χ2v) is 9.92. The van der Waals surface area contributed by atoms with Crippen LogP contribution in [0.3, 0.4) is 0 Å². The van der Waals surface area contributed by atoms with E-state index in [0.29, 0.717) is 76.2 Å². The van der Waals surface area contributed by atoms with Crippen molar-refractivity contribution in [3.05, 3.63) is 62.7 Å². The van der Waals surface area contributed by atoms with Crippen molar-refractivity contribution in [2.24, 2.45) is 0 Å². The van der Waals surface area contributed by atoms with E-state index in [9.17, 15) is 24.8 Å². The van der Waals surface area contributed by atoms with Gasteiger partial charge in [0.1, 0.15) is 11.3 Å². The number of halogens is 1. The molecule has 0 atom stereocenters. The first-order valence-electron chi connectivity index (χ1n) is 12.9. The minimum absolute atomic E-state index is 0.0465. The fourth-order valence-electron chi connectivity index (χ4n) is 4.99. The Morgan fingerprint density at radius 1 is 0.897 bits per heavy atom. The number of anilines is 2. The van der Waals surface area contributed by atoms with E-state index >= 15 is 0 Å². The Morgan fingerprint density at radius 2 is 1.51 bits per heavy atom. The summed E-state index contributed by atoms with van der Waals surface area (Å²) in [4.78, 5) is 46.1. The number of nitro groups is 1. The van der Waals surface area contributed by atoms with Gasteiger partial charge < -0.3 is 25.3 Å². The molecule has 13 heteroatoms. The zero-order chi connectivity index (χ0) is 27.9. The summed E-state index contributed by atoms with van der Waals surface area (Å²) in [5.74, 6) is -1.01. The molecule has 3 N–H and O–H groups in total. The zero-order valence-corrected chi connectivity index (χ0v) is 22.3. The van der Waals surface area contributed by atoms with Crippen molar-refractivity contribution in [1.82, 2.24) is 14.7 Å². The Hall–Kier alpha value is -3.29. The minimum atomic E-state index is -0.702. The van der Waals surface area contributed by atoms with Crippen LogP contribution in [0.2, 0.25) is 5.02 Å². The van der Waals surface area contributed by atoms with Crippen molar-refractivity contribution in [3.63, 3.8) is 0 Å². The number of nitrogens with zero attached hydrogens (tertiary/aromatic N) is 5.